The van der Waals surface area contributed by atoms with E-state index in [1.54, 1.807) is 7.11 Å². The summed E-state index contributed by atoms with van der Waals surface area (Å²) in [5, 5.41) is 3.51. The summed E-state index contributed by atoms with van der Waals surface area (Å²) in [6.45, 7) is 5.63. The first-order valence-corrected chi connectivity index (χ1v) is 7.22. The number of nitrogens with zero attached hydrogens (tertiary/aromatic N) is 1. The summed E-state index contributed by atoms with van der Waals surface area (Å²) in [6.07, 6.45) is 2.59. The van der Waals surface area contributed by atoms with Crippen molar-refractivity contribution < 1.29 is 4.74 Å². The molecule has 106 valence electrons. The Kier molecular flexibility index (Phi) is 5.23. The molecule has 1 aromatic rings. The summed E-state index contributed by atoms with van der Waals surface area (Å²) in [7, 11) is 3.94. The second-order valence-corrected chi connectivity index (χ2v) is 5.79. The predicted octanol–water partition coefficient (Wildman–Crippen LogP) is 2.52. The normalized spacial score (nSPS) is 23.6. The zero-order chi connectivity index (χ0) is 13.7. The fraction of sp³-hybridized carbons (Fsp3) is 0.625. The summed E-state index contributed by atoms with van der Waals surface area (Å²) in [4.78, 5) is 2.43. The maximum absolute atomic E-state index is 5.27. The lowest BCUT2D eigenvalue weighted by atomic mass is 9.93. The highest BCUT2D eigenvalue weighted by molar-refractivity contribution is 5.28. The van der Waals surface area contributed by atoms with E-state index in [0.717, 1.165) is 18.2 Å². The third-order valence-electron chi connectivity index (χ3n) is 3.89. The molecule has 19 heavy (non-hydrogen) atoms. The Morgan fingerprint density at radius 2 is 2.26 bits per heavy atom. The Hall–Kier alpha value is -1.06. The van der Waals surface area contributed by atoms with Crippen LogP contribution in [0.5, 0.6) is 5.75 Å². The van der Waals surface area contributed by atoms with E-state index in [1.165, 1.54) is 31.5 Å². The van der Waals surface area contributed by atoms with Crippen LogP contribution in [0.4, 0.5) is 0 Å². The molecule has 0 amide bonds. The molecule has 0 aromatic heterocycles. The molecular formula is C16H26N2O. The third-order valence-corrected chi connectivity index (χ3v) is 3.89. The molecule has 1 saturated heterocycles. The van der Waals surface area contributed by atoms with Crippen molar-refractivity contribution in [1.82, 2.24) is 10.2 Å². The highest BCUT2D eigenvalue weighted by Gasteiger charge is 2.19. The van der Waals surface area contributed by atoms with Gasteiger partial charge in [-0.05, 0) is 57.0 Å². The summed E-state index contributed by atoms with van der Waals surface area (Å²) in [5.41, 5.74) is 1.32. The van der Waals surface area contributed by atoms with Crippen LogP contribution in [0.3, 0.4) is 0 Å². The average molecular weight is 262 g/mol. The van der Waals surface area contributed by atoms with Crippen LogP contribution in [0.25, 0.3) is 0 Å². The topological polar surface area (TPSA) is 24.5 Å². The van der Waals surface area contributed by atoms with Crippen molar-refractivity contribution in [2.75, 3.05) is 27.2 Å². The van der Waals surface area contributed by atoms with Crippen molar-refractivity contribution in [2.24, 2.45) is 5.92 Å². The number of hydrogen-bond donors (Lipinski definition) is 1. The minimum atomic E-state index is 0.670. The number of nitrogens with one attached hydrogen (secondary N) is 1. The summed E-state index contributed by atoms with van der Waals surface area (Å²) < 4.78 is 5.27. The molecule has 3 heteroatoms. The molecule has 2 unspecified atom stereocenters. The van der Waals surface area contributed by atoms with Crippen molar-refractivity contribution >= 4 is 0 Å². The van der Waals surface area contributed by atoms with Gasteiger partial charge in [-0.2, -0.15) is 0 Å². The maximum atomic E-state index is 5.27. The molecule has 0 spiro atoms. The van der Waals surface area contributed by atoms with Gasteiger partial charge in [0, 0.05) is 19.1 Å². The number of rotatable bonds is 5. The standard InChI is InChI=1S/C16H26N2O/c1-13-9-15(7-8-17-13)12-18(2)11-14-5-4-6-16(10-14)19-3/h4-6,10,13,15,17H,7-9,11-12H2,1-3H3. The fourth-order valence-corrected chi connectivity index (χ4v) is 2.99. The first-order chi connectivity index (χ1) is 9.17. The van der Waals surface area contributed by atoms with Crippen LogP contribution in [-0.2, 0) is 6.54 Å². The van der Waals surface area contributed by atoms with Crippen LogP contribution in [0.2, 0.25) is 0 Å². The Bertz CT molecular complexity index is 394. The Labute approximate surface area is 116 Å². The van der Waals surface area contributed by atoms with Crippen LogP contribution in [0.15, 0.2) is 24.3 Å². The largest absolute Gasteiger partial charge is 0.497 e. The molecular weight excluding hydrogens is 236 g/mol. The Morgan fingerprint density at radius 3 is 3.00 bits per heavy atom. The van der Waals surface area contributed by atoms with Gasteiger partial charge in [0.2, 0.25) is 0 Å². The van der Waals surface area contributed by atoms with Crippen molar-refractivity contribution in [1.29, 1.82) is 0 Å². The van der Waals surface area contributed by atoms with Gasteiger partial charge in [-0.3, -0.25) is 0 Å². The first-order valence-electron chi connectivity index (χ1n) is 7.22. The number of benzene rings is 1. The van der Waals surface area contributed by atoms with Gasteiger partial charge in [0.25, 0.3) is 0 Å². The number of ether oxygens (including phenoxy) is 1. The van der Waals surface area contributed by atoms with E-state index in [0.29, 0.717) is 6.04 Å². The highest BCUT2D eigenvalue weighted by Crippen LogP contribution is 2.19. The van der Waals surface area contributed by atoms with E-state index in [9.17, 15) is 0 Å². The maximum Gasteiger partial charge on any atom is 0.119 e. The van der Waals surface area contributed by atoms with Crippen LogP contribution in [-0.4, -0.2) is 38.2 Å². The van der Waals surface area contributed by atoms with Crippen molar-refractivity contribution in [3.05, 3.63) is 29.8 Å². The molecule has 0 saturated carbocycles. The molecule has 1 heterocycles. The number of hydrogen-bond acceptors (Lipinski definition) is 3. The van der Waals surface area contributed by atoms with Gasteiger partial charge in [0.05, 0.1) is 7.11 Å². The molecule has 0 radical (unpaired) electrons. The minimum absolute atomic E-state index is 0.670. The lowest BCUT2D eigenvalue weighted by Crippen LogP contribution is -2.39. The second kappa shape index (κ2) is 6.92. The average Bonchev–Trinajstić information content (AvgIpc) is 2.38. The van der Waals surface area contributed by atoms with Crippen LogP contribution in [0, 0.1) is 5.92 Å². The van der Waals surface area contributed by atoms with Gasteiger partial charge < -0.3 is 15.0 Å². The first kappa shape index (κ1) is 14.4. The summed E-state index contributed by atoms with van der Waals surface area (Å²) in [5.74, 6) is 1.77. The Balaban J connectivity index is 1.84. The molecule has 0 aliphatic carbocycles. The SMILES string of the molecule is COc1cccc(CN(C)CC2CCNC(C)C2)c1. The molecule has 1 N–H and O–H groups in total. The lowest BCUT2D eigenvalue weighted by molar-refractivity contribution is 0.215. The molecule has 1 aromatic carbocycles. The molecule has 1 aliphatic heterocycles. The second-order valence-electron chi connectivity index (χ2n) is 5.79. The van der Waals surface area contributed by atoms with Gasteiger partial charge in [-0.1, -0.05) is 12.1 Å². The van der Waals surface area contributed by atoms with Crippen molar-refractivity contribution in [3.63, 3.8) is 0 Å². The third kappa shape index (κ3) is 4.51. The van der Waals surface area contributed by atoms with Gasteiger partial charge in [-0.15, -0.1) is 0 Å². The molecule has 1 aliphatic rings. The molecule has 0 bridgehead atoms. The molecule has 3 nitrogen and oxygen atoms in total. The zero-order valence-corrected chi connectivity index (χ0v) is 12.4. The van der Waals surface area contributed by atoms with Gasteiger partial charge in [-0.25, -0.2) is 0 Å². The number of methoxy groups -OCH3 is 1. The van der Waals surface area contributed by atoms with Gasteiger partial charge in [0.15, 0.2) is 0 Å². The van der Waals surface area contributed by atoms with Gasteiger partial charge >= 0.3 is 0 Å². The highest BCUT2D eigenvalue weighted by atomic mass is 16.5. The lowest BCUT2D eigenvalue weighted by Gasteiger charge is -2.31. The van der Waals surface area contributed by atoms with Crippen LogP contribution >= 0.6 is 0 Å². The quantitative estimate of drug-likeness (QED) is 0.882. The van der Waals surface area contributed by atoms with E-state index >= 15 is 0 Å². The van der Waals surface area contributed by atoms with E-state index in [-0.39, 0.29) is 0 Å². The Morgan fingerprint density at radius 1 is 1.42 bits per heavy atom. The summed E-state index contributed by atoms with van der Waals surface area (Å²) >= 11 is 0. The van der Waals surface area contributed by atoms with E-state index < -0.39 is 0 Å². The van der Waals surface area contributed by atoms with E-state index in [4.69, 9.17) is 4.74 Å². The molecule has 1 fully saturated rings. The van der Waals surface area contributed by atoms with E-state index in [2.05, 4.69) is 42.4 Å². The summed E-state index contributed by atoms with van der Waals surface area (Å²) in [6, 6.07) is 9.03. The molecule has 2 rings (SSSR count). The van der Waals surface area contributed by atoms with Crippen LogP contribution in [0.1, 0.15) is 25.3 Å². The minimum Gasteiger partial charge on any atom is -0.497 e. The monoisotopic (exact) mass is 262 g/mol. The molecule has 2 atom stereocenters. The van der Waals surface area contributed by atoms with Gasteiger partial charge in [0.1, 0.15) is 5.75 Å². The smallest absolute Gasteiger partial charge is 0.119 e. The zero-order valence-electron chi connectivity index (χ0n) is 12.4. The van der Waals surface area contributed by atoms with Crippen molar-refractivity contribution in [2.45, 2.75) is 32.4 Å². The fourth-order valence-electron chi connectivity index (χ4n) is 2.99. The van der Waals surface area contributed by atoms with Crippen molar-refractivity contribution in [3.8, 4) is 5.75 Å². The van der Waals surface area contributed by atoms with E-state index in [1.807, 2.05) is 6.07 Å². The number of piperidine rings is 1. The van der Waals surface area contributed by atoms with Crippen LogP contribution < -0.4 is 10.1 Å². The predicted molar refractivity (Wildman–Crippen MR) is 79.5 cm³/mol.